The summed E-state index contributed by atoms with van der Waals surface area (Å²) in [7, 11) is 0. The van der Waals surface area contributed by atoms with E-state index in [1.165, 1.54) is 5.56 Å². The normalized spacial score (nSPS) is 10.7. The van der Waals surface area contributed by atoms with Gasteiger partial charge in [-0.15, -0.1) is 0 Å². The monoisotopic (exact) mass is 263 g/mol. The first-order chi connectivity index (χ1) is 9.08. The van der Waals surface area contributed by atoms with Gasteiger partial charge in [-0.25, -0.2) is 0 Å². The van der Waals surface area contributed by atoms with Gasteiger partial charge < -0.3 is 10.0 Å². The van der Waals surface area contributed by atoms with E-state index in [-0.39, 0.29) is 6.54 Å². The van der Waals surface area contributed by atoms with Crippen LogP contribution in [0.15, 0.2) is 24.3 Å². The van der Waals surface area contributed by atoms with Gasteiger partial charge in [0.25, 0.3) is 0 Å². The first kappa shape index (κ1) is 15.5. The second-order valence-corrected chi connectivity index (χ2v) is 5.09. The first-order valence-corrected chi connectivity index (χ1v) is 7.13. The molecule has 0 bridgehead atoms. The number of benzene rings is 1. The number of hydrogen-bond acceptors (Lipinski definition) is 2. The second kappa shape index (κ2) is 7.82. The number of hydrogen-bond donors (Lipinski definition) is 1. The summed E-state index contributed by atoms with van der Waals surface area (Å²) in [4.78, 5) is 13.2. The highest BCUT2D eigenvalue weighted by atomic mass is 16.4. The van der Waals surface area contributed by atoms with Gasteiger partial charge >= 0.3 is 5.97 Å². The van der Waals surface area contributed by atoms with Crippen molar-refractivity contribution >= 4 is 11.7 Å². The zero-order valence-electron chi connectivity index (χ0n) is 12.2. The topological polar surface area (TPSA) is 40.5 Å². The summed E-state index contributed by atoms with van der Waals surface area (Å²) >= 11 is 0. The molecule has 0 fully saturated rings. The van der Waals surface area contributed by atoms with Crippen molar-refractivity contribution < 1.29 is 9.90 Å². The lowest BCUT2D eigenvalue weighted by molar-refractivity contribution is -0.135. The molecule has 0 unspecified atom stereocenters. The number of rotatable bonds is 8. The summed E-state index contributed by atoms with van der Waals surface area (Å²) in [6, 6.07) is 8.44. The number of carboxylic acids is 1. The second-order valence-electron chi connectivity index (χ2n) is 5.09. The Morgan fingerprint density at radius 1 is 1.16 bits per heavy atom. The SMILES string of the molecule is CCCC(CCC)N(CC(=O)O)c1ccc(C)cc1. The maximum Gasteiger partial charge on any atom is 0.323 e. The molecule has 0 saturated heterocycles. The van der Waals surface area contributed by atoms with E-state index < -0.39 is 5.97 Å². The predicted octanol–water partition coefficient (Wildman–Crippen LogP) is 3.85. The molecular formula is C16H25NO2. The zero-order chi connectivity index (χ0) is 14.3. The van der Waals surface area contributed by atoms with E-state index in [4.69, 9.17) is 5.11 Å². The highest BCUT2D eigenvalue weighted by Gasteiger charge is 2.19. The van der Waals surface area contributed by atoms with E-state index in [0.29, 0.717) is 6.04 Å². The summed E-state index contributed by atoms with van der Waals surface area (Å²) in [6.45, 7) is 6.42. The summed E-state index contributed by atoms with van der Waals surface area (Å²) in [5.74, 6) is -0.766. The van der Waals surface area contributed by atoms with E-state index in [1.54, 1.807) is 0 Å². The Balaban J connectivity index is 2.96. The van der Waals surface area contributed by atoms with Crippen LogP contribution >= 0.6 is 0 Å². The minimum absolute atomic E-state index is 0.0771. The zero-order valence-corrected chi connectivity index (χ0v) is 12.2. The number of anilines is 1. The Morgan fingerprint density at radius 2 is 1.68 bits per heavy atom. The van der Waals surface area contributed by atoms with Crippen molar-refractivity contribution in [3.05, 3.63) is 29.8 Å². The van der Waals surface area contributed by atoms with Crippen LogP contribution in [-0.4, -0.2) is 23.7 Å². The Hall–Kier alpha value is -1.51. The molecule has 0 aliphatic heterocycles. The van der Waals surface area contributed by atoms with Crippen LogP contribution in [-0.2, 0) is 4.79 Å². The number of carbonyl (C=O) groups is 1. The van der Waals surface area contributed by atoms with Crippen molar-refractivity contribution in [3.63, 3.8) is 0 Å². The molecule has 1 aromatic carbocycles. The molecule has 0 saturated carbocycles. The molecule has 106 valence electrons. The number of nitrogens with zero attached hydrogens (tertiary/aromatic N) is 1. The largest absolute Gasteiger partial charge is 0.480 e. The standard InChI is InChI=1S/C16H25NO2/c1-4-6-14(7-5-2)17(12-16(18)19)15-10-8-13(3)9-11-15/h8-11,14H,4-7,12H2,1-3H3,(H,18,19). The van der Waals surface area contributed by atoms with E-state index >= 15 is 0 Å². The van der Waals surface area contributed by atoms with E-state index in [0.717, 1.165) is 31.4 Å². The van der Waals surface area contributed by atoms with Crippen LogP contribution in [0.25, 0.3) is 0 Å². The molecule has 0 atom stereocenters. The average Bonchev–Trinajstić information content (AvgIpc) is 2.37. The van der Waals surface area contributed by atoms with Crippen LogP contribution in [0.4, 0.5) is 5.69 Å². The molecule has 0 amide bonds. The third kappa shape index (κ3) is 4.93. The third-order valence-corrected chi connectivity index (χ3v) is 3.36. The lowest BCUT2D eigenvalue weighted by Crippen LogP contribution is -2.39. The van der Waals surface area contributed by atoms with Gasteiger partial charge in [0.1, 0.15) is 6.54 Å². The van der Waals surface area contributed by atoms with Crippen LogP contribution in [0.1, 0.15) is 45.1 Å². The van der Waals surface area contributed by atoms with Crippen LogP contribution in [0.5, 0.6) is 0 Å². The molecule has 3 heteroatoms. The number of aliphatic carboxylic acids is 1. The quantitative estimate of drug-likeness (QED) is 0.774. The van der Waals surface area contributed by atoms with E-state index in [1.807, 2.05) is 36.1 Å². The average molecular weight is 263 g/mol. The van der Waals surface area contributed by atoms with Crippen LogP contribution in [0.3, 0.4) is 0 Å². The molecule has 1 rings (SSSR count). The van der Waals surface area contributed by atoms with Crippen molar-refractivity contribution in [1.82, 2.24) is 0 Å². The molecule has 0 aliphatic rings. The van der Waals surface area contributed by atoms with E-state index in [9.17, 15) is 4.79 Å². The fraction of sp³-hybridized carbons (Fsp3) is 0.562. The number of carboxylic acid groups (broad SMARTS) is 1. The molecule has 0 spiro atoms. The van der Waals surface area contributed by atoms with Gasteiger partial charge in [0, 0.05) is 11.7 Å². The molecule has 0 radical (unpaired) electrons. The van der Waals surface area contributed by atoms with Gasteiger partial charge in [0.15, 0.2) is 0 Å². The molecular weight excluding hydrogens is 238 g/mol. The van der Waals surface area contributed by atoms with Crippen molar-refractivity contribution in [2.75, 3.05) is 11.4 Å². The molecule has 19 heavy (non-hydrogen) atoms. The van der Waals surface area contributed by atoms with Gasteiger partial charge in [-0.3, -0.25) is 4.79 Å². The summed E-state index contributed by atoms with van der Waals surface area (Å²) in [5.41, 5.74) is 2.21. The first-order valence-electron chi connectivity index (χ1n) is 7.13. The van der Waals surface area contributed by atoms with Crippen LogP contribution in [0, 0.1) is 6.92 Å². The fourth-order valence-corrected chi connectivity index (χ4v) is 2.44. The Kier molecular flexibility index (Phi) is 6.40. The third-order valence-electron chi connectivity index (χ3n) is 3.36. The minimum atomic E-state index is -0.766. The van der Waals surface area contributed by atoms with Gasteiger partial charge in [0.05, 0.1) is 0 Å². The Bertz CT molecular complexity index is 380. The van der Waals surface area contributed by atoms with Gasteiger partial charge in [-0.1, -0.05) is 44.4 Å². The highest BCUT2D eigenvalue weighted by Crippen LogP contribution is 2.22. The molecule has 0 aliphatic carbocycles. The summed E-state index contributed by atoms with van der Waals surface area (Å²) in [6.07, 6.45) is 4.23. The number of aryl methyl sites for hydroxylation is 1. The lowest BCUT2D eigenvalue weighted by Gasteiger charge is -2.32. The smallest absolute Gasteiger partial charge is 0.323 e. The van der Waals surface area contributed by atoms with Crippen molar-refractivity contribution in [3.8, 4) is 0 Å². The maximum atomic E-state index is 11.1. The molecule has 0 aromatic heterocycles. The lowest BCUT2D eigenvalue weighted by atomic mass is 10.0. The van der Waals surface area contributed by atoms with Crippen molar-refractivity contribution in [1.29, 1.82) is 0 Å². The molecule has 1 aromatic rings. The van der Waals surface area contributed by atoms with Gasteiger partial charge in [-0.05, 0) is 31.9 Å². The molecule has 0 heterocycles. The van der Waals surface area contributed by atoms with Gasteiger partial charge in [0.2, 0.25) is 0 Å². The molecule has 3 nitrogen and oxygen atoms in total. The highest BCUT2D eigenvalue weighted by molar-refractivity contribution is 5.74. The molecule has 1 N–H and O–H groups in total. The summed E-state index contributed by atoms with van der Waals surface area (Å²) in [5, 5.41) is 9.14. The Morgan fingerprint density at radius 3 is 2.11 bits per heavy atom. The van der Waals surface area contributed by atoms with Crippen molar-refractivity contribution in [2.45, 2.75) is 52.5 Å². The van der Waals surface area contributed by atoms with Crippen LogP contribution in [0.2, 0.25) is 0 Å². The van der Waals surface area contributed by atoms with Gasteiger partial charge in [-0.2, -0.15) is 0 Å². The fourth-order valence-electron chi connectivity index (χ4n) is 2.44. The summed E-state index contributed by atoms with van der Waals surface area (Å²) < 4.78 is 0. The predicted molar refractivity (Wildman–Crippen MR) is 79.8 cm³/mol. The van der Waals surface area contributed by atoms with E-state index in [2.05, 4.69) is 13.8 Å². The van der Waals surface area contributed by atoms with Crippen LogP contribution < -0.4 is 4.90 Å². The minimum Gasteiger partial charge on any atom is -0.480 e. The van der Waals surface area contributed by atoms with Crippen molar-refractivity contribution in [2.24, 2.45) is 0 Å². The maximum absolute atomic E-state index is 11.1. The Labute approximate surface area is 116 Å².